The molecule has 0 amide bonds. The molecule has 16 heavy (non-hydrogen) atoms. The summed E-state index contributed by atoms with van der Waals surface area (Å²) < 4.78 is 6.45. The van der Waals surface area contributed by atoms with Crippen LogP contribution in [0.4, 0.5) is 0 Å². The summed E-state index contributed by atoms with van der Waals surface area (Å²) in [5.41, 5.74) is 0.255. The second-order valence-corrected chi connectivity index (χ2v) is 5.90. The Kier molecular flexibility index (Phi) is 4.26. The number of hydrogen-bond acceptors (Lipinski definition) is 2. The predicted molar refractivity (Wildman–Crippen MR) is 67.6 cm³/mol. The summed E-state index contributed by atoms with van der Waals surface area (Å²) in [5, 5.41) is 3.26. The first kappa shape index (κ1) is 12.4. The van der Waals surface area contributed by atoms with Crippen LogP contribution in [0.1, 0.15) is 58.3 Å². The Hall–Kier alpha value is -0.0800. The Morgan fingerprint density at radius 2 is 2.06 bits per heavy atom. The van der Waals surface area contributed by atoms with Gasteiger partial charge in [0.2, 0.25) is 0 Å². The molecule has 2 atom stereocenters. The third-order valence-electron chi connectivity index (χ3n) is 4.40. The van der Waals surface area contributed by atoms with E-state index in [9.17, 15) is 0 Å². The molecule has 0 heterocycles. The molecule has 1 N–H and O–H groups in total. The average molecular weight is 225 g/mol. The Bertz CT molecular complexity index is 213. The number of nitrogens with one attached hydrogen (secondary N) is 1. The number of hydrogen-bond donors (Lipinski definition) is 1. The van der Waals surface area contributed by atoms with Crippen LogP contribution in [0.5, 0.6) is 0 Å². The van der Waals surface area contributed by atoms with Crippen LogP contribution in [0.2, 0.25) is 0 Å². The first-order valence-electron chi connectivity index (χ1n) is 7.06. The molecule has 2 unspecified atom stereocenters. The van der Waals surface area contributed by atoms with Crippen molar-refractivity contribution in [3.63, 3.8) is 0 Å². The summed E-state index contributed by atoms with van der Waals surface area (Å²) in [6.07, 6.45) is 11.1. The highest BCUT2D eigenvalue weighted by Gasteiger charge is 2.40. The zero-order valence-electron chi connectivity index (χ0n) is 10.9. The van der Waals surface area contributed by atoms with Crippen molar-refractivity contribution in [1.82, 2.24) is 5.32 Å². The minimum Gasteiger partial charge on any atom is -0.372 e. The third kappa shape index (κ3) is 2.98. The fourth-order valence-electron chi connectivity index (χ4n) is 3.19. The largest absolute Gasteiger partial charge is 0.372 e. The van der Waals surface area contributed by atoms with Gasteiger partial charge in [-0.15, -0.1) is 0 Å². The van der Waals surface area contributed by atoms with Gasteiger partial charge in [-0.1, -0.05) is 19.8 Å². The Morgan fingerprint density at radius 1 is 1.25 bits per heavy atom. The van der Waals surface area contributed by atoms with E-state index >= 15 is 0 Å². The topological polar surface area (TPSA) is 21.3 Å². The van der Waals surface area contributed by atoms with Crippen LogP contribution in [-0.4, -0.2) is 25.3 Å². The zero-order valence-corrected chi connectivity index (χ0v) is 10.9. The lowest BCUT2D eigenvalue weighted by Crippen LogP contribution is -2.45. The molecule has 2 aliphatic rings. The lowest BCUT2D eigenvalue weighted by molar-refractivity contribution is -0.154. The molecule has 2 nitrogen and oxygen atoms in total. The Labute approximate surface area is 100 Å². The molecule has 2 fully saturated rings. The van der Waals surface area contributed by atoms with Gasteiger partial charge in [-0.05, 0) is 58.0 Å². The monoisotopic (exact) mass is 225 g/mol. The van der Waals surface area contributed by atoms with Crippen molar-refractivity contribution in [2.24, 2.45) is 5.92 Å². The Morgan fingerprint density at radius 3 is 2.62 bits per heavy atom. The van der Waals surface area contributed by atoms with Gasteiger partial charge in [-0.25, -0.2) is 0 Å². The van der Waals surface area contributed by atoms with E-state index in [-0.39, 0.29) is 5.60 Å². The molecule has 0 aromatic rings. The molecule has 0 aromatic carbocycles. The van der Waals surface area contributed by atoms with Gasteiger partial charge in [0, 0.05) is 0 Å². The molecular formula is C14H27NO. The molecular weight excluding hydrogens is 198 g/mol. The summed E-state index contributed by atoms with van der Waals surface area (Å²) in [7, 11) is 2.04. The standard InChI is InChI=1S/C14H27NO/c1-12-5-3-6-13(11-12)16-14(7-4-8-14)9-10-15-2/h12-13,15H,3-11H2,1-2H3. The van der Waals surface area contributed by atoms with E-state index in [2.05, 4.69) is 12.2 Å². The fraction of sp³-hybridized carbons (Fsp3) is 1.00. The van der Waals surface area contributed by atoms with Gasteiger partial charge >= 0.3 is 0 Å². The summed E-state index contributed by atoms with van der Waals surface area (Å²) in [4.78, 5) is 0. The van der Waals surface area contributed by atoms with Gasteiger partial charge in [0.05, 0.1) is 11.7 Å². The molecule has 2 heteroatoms. The lowest BCUT2D eigenvalue weighted by Gasteiger charge is -2.45. The number of ether oxygens (including phenoxy) is 1. The van der Waals surface area contributed by atoms with Gasteiger partial charge in [0.15, 0.2) is 0 Å². The minimum absolute atomic E-state index is 0.255. The van der Waals surface area contributed by atoms with E-state index in [0.29, 0.717) is 6.10 Å². The smallest absolute Gasteiger partial charge is 0.0698 e. The maximum Gasteiger partial charge on any atom is 0.0698 e. The van der Waals surface area contributed by atoms with E-state index < -0.39 is 0 Å². The van der Waals surface area contributed by atoms with Crippen LogP contribution in [-0.2, 0) is 4.74 Å². The predicted octanol–water partition coefficient (Wildman–Crippen LogP) is 3.11. The Balaban J connectivity index is 1.81. The molecule has 0 bridgehead atoms. The molecule has 0 spiro atoms. The molecule has 2 rings (SSSR count). The van der Waals surface area contributed by atoms with Crippen molar-refractivity contribution >= 4 is 0 Å². The maximum absolute atomic E-state index is 6.45. The van der Waals surface area contributed by atoms with Crippen molar-refractivity contribution in [1.29, 1.82) is 0 Å². The fourth-order valence-corrected chi connectivity index (χ4v) is 3.19. The van der Waals surface area contributed by atoms with Crippen LogP contribution in [0.25, 0.3) is 0 Å². The third-order valence-corrected chi connectivity index (χ3v) is 4.40. The molecule has 0 saturated heterocycles. The summed E-state index contributed by atoms with van der Waals surface area (Å²) in [5.74, 6) is 0.875. The highest BCUT2D eigenvalue weighted by Crippen LogP contribution is 2.41. The lowest BCUT2D eigenvalue weighted by atomic mass is 9.76. The van der Waals surface area contributed by atoms with Gasteiger partial charge < -0.3 is 10.1 Å². The second kappa shape index (κ2) is 5.50. The quantitative estimate of drug-likeness (QED) is 0.776. The van der Waals surface area contributed by atoms with Gasteiger partial charge in [0.1, 0.15) is 0 Å². The molecule has 2 saturated carbocycles. The van der Waals surface area contributed by atoms with E-state index in [4.69, 9.17) is 4.74 Å². The van der Waals surface area contributed by atoms with Crippen molar-refractivity contribution in [2.45, 2.75) is 70.0 Å². The van der Waals surface area contributed by atoms with Crippen LogP contribution in [0.3, 0.4) is 0 Å². The van der Waals surface area contributed by atoms with Gasteiger partial charge in [0.25, 0.3) is 0 Å². The van der Waals surface area contributed by atoms with E-state index in [1.807, 2.05) is 7.05 Å². The molecule has 94 valence electrons. The molecule has 0 radical (unpaired) electrons. The van der Waals surface area contributed by atoms with Crippen molar-refractivity contribution in [3.8, 4) is 0 Å². The number of rotatable bonds is 5. The second-order valence-electron chi connectivity index (χ2n) is 5.90. The first-order chi connectivity index (χ1) is 7.74. The summed E-state index contributed by atoms with van der Waals surface area (Å²) in [6, 6.07) is 0. The molecule has 0 aliphatic heterocycles. The van der Waals surface area contributed by atoms with Gasteiger partial charge in [-0.3, -0.25) is 0 Å². The van der Waals surface area contributed by atoms with Crippen molar-refractivity contribution in [2.75, 3.05) is 13.6 Å². The zero-order chi connectivity index (χ0) is 11.4. The molecule has 2 aliphatic carbocycles. The van der Waals surface area contributed by atoms with Crippen molar-refractivity contribution in [3.05, 3.63) is 0 Å². The first-order valence-corrected chi connectivity index (χ1v) is 7.06. The van der Waals surface area contributed by atoms with Gasteiger partial charge in [-0.2, -0.15) is 0 Å². The van der Waals surface area contributed by atoms with E-state index in [0.717, 1.165) is 12.5 Å². The van der Waals surface area contributed by atoms with E-state index in [1.165, 1.54) is 51.4 Å². The summed E-state index contributed by atoms with van der Waals surface area (Å²) >= 11 is 0. The van der Waals surface area contributed by atoms with Crippen LogP contribution >= 0.6 is 0 Å². The minimum atomic E-state index is 0.255. The van der Waals surface area contributed by atoms with Crippen molar-refractivity contribution < 1.29 is 4.74 Å². The van der Waals surface area contributed by atoms with Crippen LogP contribution in [0, 0.1) is 5.92 Å². The maximum atomic E-state index is 6.45. The van der Waals surface area contributed by atoms with Crippen LogP contribution < -0.4 is 5.32 Å². The van der Waals surface area contributed by atoms with E-state index in [1.54, 1.807) is 0 Å². The normalized spacial score (nSPS) is 33.4. The van der Waals surface area contributed by atoms with Crippen LogP contribution in [0.15, 0.2) is 0 Å². The highest BCUT2D eigenvalue weighted by atomic mass is 16.5. The highest BCUT2D eigenvalue weighted by molar-refractivity contribution is 4.91. The average Bonchev–Trinajstić information content (AvgIpc) is 2.22. The SMILES string of the molecule is CNCCC1(OC2CCCC(C)C2)CCC1. The molecule has 0 aromatic heterocycles. The summed E-state index contributed by atoms with van der Waals surface area (Å²) in [6.45, 7) is 3.47.